The lowest BCUT2D eigenvalue weighted by molar-refractivity contribution is 0.102. The summed E-state index contributed by atoms with van der Waals surface area (Å²) in [5, 5.41) is 0. The third-order valence-electron chi connectivity index (χ3n) is 5.22. The lowest BCUT2D eigenvalue weighted by Crippen LogP contribution is -2.22. The maximum absolute atomic E-state index is 12.7. The molecule has 1 aliphatic rings. The molecule has 0 heterocycles. The van der Waals surface area contributed by atoms with Crippen LogP contribution in [0.3, 0.4) is 0 Å². The van der Waals surface area contributed by atoms with Gasteiger partial charge in [0, 0.05) is 5.56 Å². The van der Waals surface area contributed by atoms with Gasteiger partial charge in [0.15, 0.2) is 5.75 Å². The zero-order valence-electron chi connectivity index (χ0n) is 15.7. The molecule has 0 aromatic heterocycles. The predicted octanol–water partition coefficient (Wildman–Crippen LogP) is 6.14. The van der Waals surface area contributed by atoms with Gasteiger partial charge in [-0.25, -0.2) is 0 Å². The normalized spacial score (nSPS) is 15.8. The topological polar surface area (TPSA) is 17.1 Å². The summed E-state index contributed by atoms with van der Waals surface area (Å²) < 4.78 is 0. The van der Waals surface area contributed by atoms with Gasteiger partial charge in [-0.3, -0.25) is 4.79 Å². The van der Waals surface area contributed by atoms with Crippen molar-refractivity contribution in [2.45, 2.75) is 77.6 Å². The summed E-state index contributed by atoms with van der Waals surface area (Å²) in [5.74, 6) is 4.33. The first kappa shape index (κ1) is 19.6. The second kappa shape index (κ2) is 11.0. The Labute approximate surface area is 152 Å². The van der Waals surface area contributed by atoms with Gasteiger partial charge in [-0.1, -0.05) is 70.2 Å². The molecule has 0 amide bonds. The van der Waals surface area contributed by atoms with Crippen LogP contribution in [-0.2, 0) is 10.9 Å². The van der Waals surface area contributed by atoms with Gasteiger partial charge < -0.3 is 0 Å². The van der Waals surface area contributed by atoms with Gasteiger partial charge in [-0.05, 0) is 48.1 Å². The van der Waals surface area contributed by atoms with E-state index in [1.807, 2.05) is 0 Å². The summed E-state index contributed by atoms with van der Waals surface area (Å²) in [5.41, 5.74) is 2.38. The number of carbonyl (C=O) groups is 1. The van der Waals surface area contributed by atoms with Crippen LogP contribution < -0.4 is 0 Å². The highest BCUT2D eigenvalue weighted by atomic mass is 32.2. The quantitative estimate of drug-likeness (QED) is 0.367. The van der Waals surface area contributed by atoms with Crippen LogP contribution in [0.4, 0.5) is 0 Å². The standard InChI is InChI=1S/C22H35OS/c1-3-5-16-24(17-6-4-2)18-22(23)21-14-12-20(13-15-21)19-10-8-7-9-11-19/h12-15,19H,3-11,16-18H2,1-2H3/q+1. The molecule has 1 aliphatic carbocycles. The molecule has 1 aromatic rings. The van der Waals surface area contributed by atoms with E-state index in [4.69, 9.17) is 0 Å². The van der Waals surface area contributed by atoms with E-state index in [-0.39, 0.29) is 10.9 Å². The fourth-order valence-electron chi connectivity index (χ4n) is 3.59. The van der Waals surface area contributed by atoms with Gasteiger partial charge in [0.1, 0.15) is 11.5 Å². The monoisotopic (exact) mass is 347 g/mol. The predicted molar refractivity (Wildman–Crippen MR) is 108 cm³/mol. The summed E-state index contributed by atoms with van der Waals surface area (Å²) >= 11 is 0. The molecule has 0 radical (unpaired) electrons. The Kier molecular flexibility index (Phi) is 8.94. The molecule has 1 aromatic carbocycles. The highest BCUT2D eigenvalue weighted by molar-refractivity contribution is 7.97. The lowest BCUT2D eigenvalue weighted by atomic mass is 9.84. The van der Waals surface area contributed by atoms with E-state index >= 15 is 0 Å². The second-order valence-corrected chi connectivity index (χ2v) is 9.58. The number of ketones is 1. The largest absolute Gasteiger partial charge is 0.289 e. The molecule has 1 saturated carbocycles. The highest BCUT2D eigenvalue weighted by Gasteiger charge is 2.23. The maximum atomic E-state index is 12.7. The maximum Gasteiger partial charge on any atom is 0.211 e. The van der Waals surface area contributed by atoms with Gasteiger partial charge in [0.05, 0.1) is 0 Å². The van der Waals surface area contributed by atoms with Crippen molar-refractivity contribution in [3.63, 3.8) is 0 Å². The molecule has 0 N–H and O–H groups in total. The average Bonchev–Trinajstić information content (AvgIpc) is 2.64. The number of Topliss-reactive ketones (excluding diaryl/α,β-unsaturated/α-hetero) is 1. The highest BCUT2D eigenvalue weighted by Crippen LogP contribution is 2.32. The summed E-state index contributed by atoms with van der Waals surface area (Å²) in [4.78, 5) is 12.7. The first-order valence-corrected chi connectivity index (χ1v) is 11.7. The first-order valence-electron chi connectivity index (χ1n) is 10.0. The van der Waals surface area contributed by atoms with E-state index in [9.17, 15) is 4.79 Å². The van der Waals surface area contributed by atoms with Gasteiger partial charge >= 0.3 is 0 Å². The summed E-state index contributed by atoms with van der Waals surface area (Å²) in [6.07, 6.45) is 11.8. The zero-order chi connectivity index (χ0) is 17.2. The Hall–Kier alpha value is -0.760. The number of hydrogen-bond acceptors (Lipinski definition) is 1. The average molecular weight is 348 g/mol. The van der Waals surface area contributed by atoms with Crippen molar-refractivity contribution in [2.75, 3.05) is 17.3 Å². The second-order valence-electron chi connectivity index (χ2n) is 7.25. The minimum atomic E-state index is 0.286. The van der Waals surface area contributed by atoms with Gasteiger partial charge in [0.2, 0.25) is 5.78 Å². The number of rotatable bonds is 10. The Bertz CT molecular complexity index is 465. The minimum absolute atomic E-state index is 0.286. The molecule has 1 fully saturated rings. The van der Waals surface area contributed by atoms with Crippen LogP contribution in [0.1, 0.15) is 93.5 Å². The van der Waals surface area contributed by atoms with E-state index in [0.29, 0.717) is 5.78 Å². The summed E-state index contributed by atoms with van der Waals surface area (Å²) in [7, 11) is 0.286. The van der Waals surface area contributed by atoms with Crippen molar-refractivity contribution in [1.82, 2.24) is 0 Å². The first-order chi connectivity index (χ1) is 11.7. The third-order valence-corrected chi connectivity index (χ3v) is 7.62. The molecule has 0 unspecified atom stereocenters. The van der Waals surface area contributed by atoms with Crippen LogP contribution in [0.15, 0.2) is 24.3 Å². The van der Waals surface area contributed by atoms with Gasteiger partial charge in [0.25, 0.3) is 0 Å². The van der Waals surface area contributed by atoms with Crippen molar-refractivity contribution >= 4 is 16.7 Å². The van der Waals surface area contributed by atoms with Crippen molar-refractivity contribution in [3.05, 3.63) is 35.4 Å². The summed E-state index contributed by atoms with van der Waals surface area (Å²) in [6.45, 7) is 4.49. The van der Waals surface area contributed by atoms with Crippen molar-refractivity contribution in [1.29, 1.82) is 0 Å². The zero-order valence-corrected chi connectivity index (χ0v) is 16.5. The Balaban J connectivity index is 1.92. The van der Waals surface area contributed by atoms with Crippen LogP contribution in [-0.4, -0.2) is 23.0 Å². The van der Waals surface area contributed by atoms with Crippen molar-refractivity contribution in [2.24, 2.45) is 0 Å². The Morgan fingerprint density at radius 2 is 1.54 bits per heavy atom. The van der Waals surface area contributed by atoms with Crippen LogP contribution >= 0.6 is 0 Å². The minimum Gasteiger partial charge on any atom is -0.289 e. The lowest BCUT2D eigenvalue weighted by Gasteiger charge is -2.22. The Morgan fingerprint density at radius 1 is 0.958 bits per heavy atom. The molecule has 0 bridgehead atoms. The van der Waals surface area contributed by atoms with E-state index in [1.165, 1.54) is 74.9 Å². The number of carbonyl (C=O) groups excluding carboxylic acids is 1. The van der Waals surface area contributed by atoms with Gasteiger partial charge in [-0.15, -0.1) is 0 Å². The smallest absolute Gasteiger partial charge is 0.211 e. The van der Waals surface area contributed by atoms with Crippen LogP contribution in [0.25, 0.3) is 0 Å². The molecule has 24 heavy (non-hydrogen) atoms. The van der Waals surface area contributed by atoms with E-state index in [1.54, 1.807) is 0 Å². The van der Waals surface area contributed by atoms with E-state index in [2.05, 4.69) is 38.1 Å². The number of unbranched alkanes of at least 4 members (excludes halogenated alkanes) is 2. The SMILES string of the molecule is CCCC[S+](CCCC)CC(=O)c1ccc(C2CCCCC2)cc1. The van der Waals surface area contributed by atoms with Crippen molar-refractivity contribution < 1.29 is 4.79 Å². The molecule has 0 saturated heterocycles. The van der Waals surface area contributed by atoms with E-state index < -0.39 is 0 Å². The number of benzene rings is 1. The van der Waals surface area contributed by atoms with Gasteiger partial charge in [-0.2, -0.15) is 0 Å². The molecule has 2 heteroatoms. The fourth-order valence-corrected chi connectivity index (χ4v) is 6.01. The fraction of sp³-hybridized carbons (Fsp3) is 0.682. The van der Waals surface area contributed by atoms with E-state index in [0.717, 1.165) is 17.2 Å². The molecular weight excluding hydrogens is 312 g/mol. The summed E-state index contributed by atoms with van der Waals surface area (Å²) in [6, 6.07) is 8.62. The van der Waals surface area contributed by atoms with Crippen LogP contribution in [0.5, 0.6) is 0 Å². The van der Waals surface area contributed by atoms with Crippen molar-refractivity contribution in [3.8, 4) is 0 Å². The molecule has 2 rings (SSSR count). The Morgan fingerprint density at radius 3 is 2.08 bits per heavy atom. The third kappa shape index (κ3) is 6.27. The molecule has 134 valence electrons. The molecule has 0 aliphatic heterocycles. The number of hydrogen-bond donors (Lipinski definition) is 0. The molecule has 0 spiro atoms. The molecular formula is C22H35OS+. The molecule has 0 atom stereocenters. The van der Waals surface area contributed by atoms with Crippen LogP contribution in [0, 0.1) is 0 Å². The van der Waals surface area contributed by atoms with Crippen LogP contribution in [0.2, 0.25) is 0 Å². The molecule has 1 nitrogen and oxygen atoms in total.